The van der Waals surface area contributed by atoms with E-state index >= 15 is 0 Å². The smallest absolute Gasteiger partial charge is 0.317 e. The molecule has 120 valence electrons. The van der Waals surface area contributed by atoms with Crippen LogP contribution in [0.4, 0.5) is 19.3 Å². The molecule has 1 unspecified atom stereocenters. The average Bonchev–Trinajstić information content (AvgIpc) is 3.00. The van der Waals surface area contributed by atoms with E-state index in [1.165, 1.54) is 30.3 Å². The molecule has 2 aromatic rings. The number of amides is 2. The molecule has 0 bridgehead atoms. The molecule has 1 aliphatic rings. The highest BCUT2D eigenvalue weighted by molar-refractivity contribution is 6.31. The zero-order valence-corrected chi connectivity index (χ0v) is 13.0. The number of hydrogen-bond donors (Lipinski definition) is 1. The first-order valence-corrected chi connectivity index (χ1v) is 7.70. The predicted molar refractivity (Wildman–Crippen MR) is 85.5 cm³/mol. The van der Waals surface area contributed by atoms with Crippen LogP contribution >= 0.6 is 11.6 Å². The Kier molecular flexibility index (Phi) is 4.48. The van der Waals surface area contributed by atoms with E-state index in [4.69, 9.17) is 11.6 Å². The highest BCUT2D eigenvalue weighted by Crippen LogP contribution is 2.32. The van der Waals surface area contributed by atoms with Gasteiger partial charge in [0.15, 0.2) is 0 Å². The molecule has 3 rings (SSSR count). The summed E-state index contributed by atoms with van der Waals surface area (Å²) >= 11 is 5.72. The lowest BCUT2D eigenvalue weighted by molar-refractivity contribution is 0.207. The van der Waals surface area contributed by atoms with E-state index in [1.54, 1.807) is 11.0 Å². The van der Waals surface area contributed by atoms with Crippen molar-refractivity contribution in [3.05, 3.63) is 64.7 Å². The van der Waals surface area contributed by atoms with Gasteiger partial charge in [-0.3, -0.25) is 0 Å². The van der Waals surface area contributed by atoms with Gasteiger partial charge < -0.3 is 10.2 Å². The van der Waals surface area contributed by atoms with Gasteiger partial charge in [-0.1, -0.05) is 23.7 Å². The van der Waals surface area contributed by atoms with Gasteiger partial charge in [-0.05, 0) is 48.7 Å². The van der Waals surface area contributed by atoms with Crippen LogP contribution in [0, 0.1) is 11.6 Å². The van der Waals surface area contributed by atoms with Gasteiger partial charge in [-0.25, -0.2) is 13.6 Å². The maximum atomic E-state index is 13.4. The van der Waals surface area contributed by atoms with Crippen LogP contribution in [-0.4, -0.2) is 17.5 Å². The van der Waals surface area contributed by atoms with Crippen molar-refractivity contribution in [3.8, 4) is 0 Å². The number of urea groups is 1. The predicted octanol–water partition coefficient (Wildman–Crippen LogP) is 4.99. The Morgan fingerprint density at radius 2 is 2.04 bits per heavy atom. The maximum absolute atomic E-state index is 13.4. The second-order valence-electron chi connectivity index (χ2n) is 5.47. The molecule has 23 heavy (non-hydrogen) atoms. The van der Waals surface area contributed by atoms with Gasteiger partial charge in [0.2, 0.25) is 0 Å². The van der Waals surface area contributed by atoms with Crippen molar-refractivity contribution >= 4 is 23.3 Å². The molecule has 1 saturated heterocycles. The SMILES string of the molecule is O=C(Nc1ccc(F)c(Cl)c1)N1CCCC1c1cccc(F)c1. The summed E-state index contributed by atoms with van der Waals surface area (Å²) in [4.78, 5) is 14.1. The largest absolute Gasteiger partial charge is 0.322 e. The third-order valence-electron chi connectivity index (χ3n) is 3.92. The maximum Gasteiger partial charge on any atom is 0.322 e. The minimum absolute atomic E-state index is 0.0501. The van der Waals surface area contributed by atoms with Crippen molar-refractivity contribution in [2.24, 2.45) is 0 Å². The number of halogens is 3. The summed E-state index contributed by atoms with van der Waals surface area (Å²) in [5.74, 6) is -0.858. The molecule has 0 spiro atoms. The van der Waals surface area contributed by atoms with Crippen LogP contribution < -0.4 is 5.32 Å². The Balaban J connectivity index is 1.76. The van der Waals surface area contributed by atoms with Crippen molar-refractivity contribution in [2.45, 2.75) is 18.9 Å². The molecule has 0 aromatic heterocycles. The molecule has 1 fully saturated rings. The number of anilines is 1. The summed E-state index contributed by atoms with van der Waals surface area (Å²) in [6.45, 7) is 0.585. The van der Waals surface area contributed by atoms with Crippen molar-refractivity contribution in [2.75, 3.05) is 11.9 Å². The highest BCUT2D eigenvalue weighted by Gasteiger charge is 2.30. The Hall–Kier alpha value is -2.14. The van der Waals surface area contributed by atoms with Gasteiger partial charge in [0.1, 0.15) is 11.6 Å². The first-order chi connectivity index (χ1) is 11.0. The van der Waals surface area contributed by atoms with Crippen molar-refractivity contribution in [3.63, 3.8) is 0 Å². The lowest BCUT2D eigenvalue weighted by atomic mass is 10.0. The standard InChI is InChI=1S/C17H15ClF2N2O/c18-14-10-13(6-7-15(14)20)21-17(23)22-8-2-5-16(22)11-3-1-4-12(19)9-11/h1,3-4,6-7,9-10,16H,2,5,8H2,(H,21,23). The van der Waals surface area contributed by atoms with Crippen molar-refractivity contribution in [1.82, 2.24) is 4.90 Å². The normalized spacial score (nSPS) is 17.3. The number of likely N-dealkylation sites (tertiary alicyclic amines) is 1. The minimum atomic E-state index is -0.538. The molecule has 1 N–H and O–H groups in total. The number of benzene rings is 2. The lowest BCUT2D eigenvalue weighted by Crippen LogP contribution is -2.34. The summed E-state index contributed by atoms with van der Waals surface area (Å²) in [7, 11) is 0. The highest BCUT2D eigenvalue weighted by atomic mass is 35.5. The fourth-order valence-electron chi connectivity index (χ4n) is 2.84. The van der Waals surface area contributed by atoms with Crippen LogP contribution in [0.1, 0.15) is 24.4 Å². The van der Waals surface area contributed by atoms with Gasteiger partial charge in [0.05, 0.1) is 11.1 Å². The van der Waals surface area contributed by atoms with Crippen molar-refractivity contribution < 1.29 is 13.6 Å². The number of nitrogens with one attached hydrogen (secondary N) is 1. The van der Waals surface area contributed by atoms with E-state index in [2.05, 4.69) is 5.32 Å². The second kappa shape index (κ2) is 6.54. The molecule has 3 nitrogen and oxygen atoms in total. The summed E-state index contributed by atoms with van der Waals surface area (Å²) < 4.78 is 26.6. The van der Waals surface area contributed by atoms with Crippen LogP contribution in [-0.2, 0) is 0 Å². The topological polar surface area (TPSA) is 32.3 Å². The molecule has 0 aliphatic carbocycles. The number of nitrogens with zero attached hydrogens (tertiary/aromatic N) is 1. The van der Waals surface area contributed by atoms with Gasteiger partial charge in [-0.2, -0.15) is 0 Å². The lowest BCUT2D eigenvalue weighted by Gasteiger charge is -2.25. The van der Waals surface area contributed by atoms with Crippen LogP contribution in [0.15, 0.2) is 42.5 Å². The molecular formula is C17H15ClF2N2O. The quantitative estimate of drug-likeness (QED) is 0.823. The number of hydrogen-bond acceptors (Lipinski definition) is 1. The van der Waals surface area contributed by atoms with E-state index in [0.29, 0.717) is 12.2 Å². The zero-order chi connectivity index (χ0) is 16.4. The molecular weight excluding hydrogens is 322 g/mol. The molecule has 0 saturated carbocycles. The fourth-order valence-corrected chi connectivity index (χ4v) is 3.02. The number of rotatable bonds is 2. The molecule has 1 aliphatic heterocycles. The van der Waals surface area contributed by atoms with Gasteiger partial charge in [0.25, 0.3) is 0 Å². The minimum Gasteiger partial charge on any atom is -0.317 e. The van der Waals surface area contributed by atoms with Crippen LogP contribution in [0.3, 0.4) is 0 Å². The Labute approximate surface area is 137 Å². The first kappa shape index (κ1) is 15.7. The Morgan fingerprint density at radius 3 is 2.78 bits per heavy atom. The molecule has 2 aromatic carbocycles. The van der Waals surface area contributed by atoms with Crippen LogP contribution in [0.2, 0.25) is 5.02 Å². The third-order valence-corrected chi connectivity index (χ3v) is 4.21. The van der Waals surface area contributed by atoms with E-state index < -0.39 is 5.82 Å². The summed E-state index contributed by atoms with van der Waals surface area (Å²) in [6.07, 6.45) is 1.62. The zero-order valence-electron chi connectivity index (χ0n) is 12.2. The Bertz CT molecular complexity index is 738. The van der Waals surface area contributed by atoms with E-state index in [-0.39, 0.29) is 22.9 Å². The van der Waals surface area contributed by atoms with E-state index in [0.717, 1.165) is 18.4 Å². The molecule has 1 heterocycles. The summed E-state index contributed by atoms with van der Waals surface area (Å²) in [6, 6.07) is 9.82. The van der Waals surface area contributed by atoms with Crippen LogP contribution in [0.25, 0.3) is 0 Å². The van der Waals surface area contributed by atoms with Gasteiger partial charge in [0, 0.05) is 12.2 Å². The summed E-state index contributed by atoms with van der Waals surface area (Å²) in [5.41, 5.74) is 1.20. The molecule has 2 amide bonds. The fraction of sp³-hybridized carbons (Fsp3) is 0.235. The van der Waals surface area contributed by atoms with Crippen molar-refractivity contribution in [1.29, 1.82) is 0 Å². The first-order valence-electron chi connectivity index (χ1n) is 7.33. The average molecular weight is 337 g/mol. The Morgan fingerprint density at radius 1 is 1.22 bits per heavy atom. The molecule has 6 heteroatoms. The molecule has 0 radical (unpaired) electrons. The van der Waals surface area contributed by atoms with Gasteiger partial charge >= 0.3 is 6.03 Å². The monoisotopic (exact) mass is 336 g/mol. The van der Waals surface area contributed by atoms with Crippen LogP contribution in [0.5, 0.6) is 0 Å². The van der Waals surface area contributed by atoms with Gasteiger partial charge in [-0.15, -0.1) is 0 Å². The third kappa shape index (κ3) is 3.45. The second-order valence-corrected chi connectivity index (χ2v) is 5.87. The van der Waals surface area contributed by atoms with E-state index in [1.807, 2.05) is 6.07 Å². The molecule has 1 atom stereocenters. The summed E-state index contributed by atoms with van der Waals surface area (Å²) in [5, 5.41) is 2.66. The number of carbonyl (C=O) groups excluding carboxylic acids is 1. The number of carbonyl (C=O) groups is 1. The van der Waals surface area contributed by atoms with E-state index in [9.17, 15) is 13.6 Å².